The fourth-order valence-electron chi connectivity index (χ4n) is 1.08. The maximum absolute atomic E-state index is 9.09. The van der Waals surface area contributed by atoms with Crippen LogP contribution < -0.4 is 0 Å². The second-order valence-electron chi connectivity index (χ2n) is 3.01. The third kappa shape index (κ3) is 2.03. The minimum Gasteiger partial charge on any atom is -0.192 e. The highest BCUT2D eigenvalue weighted by Crippen LogP contribution is 2.30. The second-order valence-corrected chi connectivity index (χ2v) is 5.08. The van der Waals surface area contributed by atoms with Gasteiger partial charge in [-0.15, -0.1) is 15.3 Å². The molecule has 0 saturated carbocycles. The van der Waals surface area contributed by atoms with Crippen LogP contribution in [0.25, 0.3) is 0 Å². The van der Waals surface area contributed by atoms with Crippen LogP contribution in [0.1, 0.15) is 16.8 Å². The van der Waals surface area contributed by atoms with E-state index in [9.17, 15) is 0 Å². The highest BCUT2D eigenvalue weighted by atomic mass is 32.2. The van der Waals surface area contributed by atoms with Crippen molar-refractivity contribution < 1.29 is 0 Å². The van der Waals surface area contributed by atoms with Crippen molar-refractivity contribution in [2.45, 2.75) is 23.2 Å². The molecule has 0 spiro atoms. The van der Waals surface area contributed by atoms with E-state index in [4.69, 9.17) is 5.26 Å². The molecule has 0 atom stereocenters. The van der Waals surface area contributed by atoms with Crippen LogP contribution in [-0.4, -0.2) is 20.4 Å². The molecule has 0 amide bonds. The quantitative estimate of drug-likeness (QED) is 0.810. The van der Waals surface area contributed by atoms with Crippen LogP contribution in [-0.2, 0) is 0 Å². The van der Waals surface area contributed by atoms with Gasteiger partial charge in [-0.1, -0.05) is 11.3 Å². The summed E-state index contributed by atoms with van der Waals surface area (Å²) in [5.41, 5.74) is 3.85. The lowest BCUT2D eigenvalue weighted by Crippen LogP contribution is -1.98. The summed E-state index contributed by atoms with van der Waals surface area (Å²) in [4.78, 5) is 0. The summed E-state index contributed by atoms with van der Waals surface area (Å²) in [6, 6.07) is 2.15. The molecule has 0 aliphatic carbocycles. The van der Waals surface area contributed by atoms with Gasteiger partial charge in [0.25, 0.3) is 0 Å². The van der Waals surface area contributed by atoms with Crippen LogP contribution in [0.15, 0.2) is 14.9 Å². The Morgan fingerprint density at radius 3 is 2.75 bits per heavy atom. The van der Waals surface area contributed by atoms with Gasteiger partial charge in [-0.25, -0.2) is 0 Å². The molecule has 0 aliphatic rings. The summed E-state index contributed by atoms with van der Waals surface area (Å²) < 4.78 is 0.758. The van der Waals surface area contributed by atoms with E-state index in [-0.39, 0.29) is 0 Å². The number of aromatic nitrogens is 4. The van der Waals surface area contributed by atoms with Gasteiger partial charge in [0.1, 0.15) is 16.6 Å². The van der Waals surface area contributed by atoms with E-state index < -0.39 is 0 Å². The van der Waals surface area contributed by atoms with Gasteiger partial charge in [0.15, 0.2) is 4.34 Å². The van der Waals surface area contributed by atoms with Crippen LogP contribution in [0, 0.1) is 25.2 Å². The van der Waals surface area contributed by atoms with E-state index in [1.165, 1.54) is 23.1 Å². The van der Waals surface area contributed by atoms with Crippen LogP contribution in [0.4, 0.5) is 0 Å². The Labute approximate surface area is 101 Å². The molecule has 2 aromatic heterocycles. The predicted octanol–water partition coefficient (Wildman–Crippen LogP) is 1.97. The summed E-state index contributed by atoms with van der Waals surface area (Å²) >= 11 is 2.73. The largest absolute Gasteiger partial charge is 0.192 e. The number of hydrogen-bond acceptors (Lipinski definition) is 7. The molecule has 0 N–H and O–H groups in total. The zero-order chi connectivity index (χ0) is 11.5. The maximum Gasteiger partial charge on any atom is 0.180 e. The average molecular weight is 249 g/mol. The van der Waals surface area contributed by atoms with Gasteiger partial charge in [0.2, 0.25) is 0 Å². The lowest BCUT2D eigenvalue weighted by molar-refractivity contribution is 0.869. The van der Waals surface area contributed by atoms with Crippen molar-refractivity contribution in [1.82, 2.24) is 20.4 Å². The summed E-state index contributed by atoms with van der Waals surface area (Å²) in [5.74, 6) is 0. The second kappa shape index (κ2) is 4.55. The Kier molecular flexibility index (Phi) is 3.12. The normalized spacial score (nSPS) is 10.1. The van der Waals surface area contributed by atoms with Crippen LogP contribution in [0.3, 0.4) is 0 Å². The molecule has 2 rings (SSSR count). The van der Waals surface area contributed by atoms with Gasteiger partial charge in [0.05, 0.1) is 11.3 Å². The molecule has 7 heteroatoms. The van der Waals surface area contributed by atoms with E-state index in [1.807, 2.05) is 13.8 Å². The number of aryl methyl sites for hydroxylation is 1. The number of nitriles is 1. The molecule has 0 fully saturated rings. The summed E-state index contributed by atoms with van der Waals surface area (Å²) in [5, 5.41) is 25.3. The molecular weight excluding hydrogens is 242 g/mol. The smallest absolute Gasteiger partial charge is 0.180 e. The third-order valence-electron chi connectivity index (χ3n) is 2.06. The van der Waals surface area contributed by atoms with Gasteiger partial charge in [-0.3, -0.25) is 0 Å². The molecule has 5 nitrogen and oxygen atoms in total. The molecule has 0 aliphatic heterocycles. The maximum atomic E-state index is 9.09. The first-order valence-corrected chi connectivity index (χ1v) is 6.10. The molecule has 0 radical (unpaired) electrons. The molecule has 0 bridgehead atoms. The van der Waals surface area contributed by atoms with E-state index in [1.54, 1.807) is 5.51 Å². The molecule has 0 unspecified atom stereocenters. The molecule has 0 aromatic carbocycles. The van der Waals surface area contributed by atoms with E-state index in [2.05, 4.69) is 26.5 Å². The molecular formula is C9H7N5S2. The Morgan fingerprint density at radius 1 is 1.31 bits per heavy atom. The minimum absolute atomic E-state index is 0.563. The summed E-state index contributed by atoms with van der Waals surface area (Å²) in [7, 11) is 0. The minimum atomic E-state index is 0.563. The van der Waals surface area contributed by atoms with Crippen LogP contribution in [0.5, 0.6) is 0 Å². The SMILES string of the molecule is Cc1nnc(Sc2nncs2)c(C#N)c1C. The Morgan fingerprint density at radius 2 is 2.12 bits per heavy atom. The molecule has 16 heavy (non-hydrogen) atoms. The zero-order valence-electron chi connectivity index (χ0n) is 8.63. The zero-order valence-corrected chi connectivity index (χ0v) is 10.3. The summed E-state index contributed by atoms with van der Waals surface area (Å²) in [6.45, 7) is 3.70. The number of rotatable bonds is 2. The van der Waals surface area contributed by atoms with Gasteiger partial charge in [-0.2, -0.15) is 10.4 Å². The van der Waals surface area contributed by atoms with E-state index in [0.717, 1.165) is 15.6 Å². The number of nitrogens with zero attached hydrogens (tertiary/aromatic N) is 5. The number of hydrogen-bond donors (Lipinski definition) is 0. The average Bonchev–Trinajstić information content (AvgIpc) is 2.77. The van der Waals surface area contributed by atoms with E-state index >= 15 is 0 Å². The van der Waals surface area contributed by atoms with Crippen LogP contribution in [0.2, 0.25) is 0 Å². The van der Waals surface area contributed by atoms with Gasteiger partial charge >= 0.3 is 0 Å². The van der Waals surface area contributed by atoms with Crippen molar-refractivity contribution in [1.29, 1.82) is 5.26 Å². The third-order valence-corrected chi connectivity index (χ3v) is 3.82. The van der Waals surface area contributed by atoms with Crippen molar-refractivity contribution in [3.8, 4) is 6.07 Å². The molecule has 2 aromatic rings. The standard InChI is InChI=1S/C9H7N5S2/c1-5-6(2)12-13-8(7(5)3-10)16-9-14-11-4-15-9/h4H,1-2H3. The van der Waals surface area contributed by atoms with Crippen molar-refractivity contribution in [2.24, 2.45) is 0 Å². The Bertz CT molecular complexity index is 544. The topological polar surface area (TPSA) is 75.3 Å². The lowest BCUT2D eigenvalue weighted by atomic mass is 10.1. The fourth-order valence-corrected chi connectivity index (χ4v) is 2.55. The lowest BCUT2D eigenvalue weighted by Gasteiger charge is -2.04. The Hall–Kier alpha value is -1.52. The van der Waals surface area contributed by atoms with Gasteiger partial charge in [-0.05, 0) is 31.2 Å². The molecule has 2 heterocycles. The van der Waals surface area contributed by atoms with Crippen molar-refractivity contribution in [2.75, 3.05) is 0 Å². The van der Waals surface area contributed by atoms with Crippen molar-refractivity contribution >= 4 is 23.1 Å². The highest BCUT2D eigenvalue weighted by Gasteiger charge is 2.13. The first-order chi connectivity index (χ1) is 7.72. The Balaban J connectivity index is 2.42. The van der Waals surface area contributed by atoms with Crippen molar-refractivity contribution in [3.05, 3.63) is 22.3 Å². The first-order valence-electron chi connectivity index (χ1n) is 4.40. The summed E-state index contributed by atoms with van der Waals surface area (Å²) in [6.07, 6.45) is 0. The van der Waals surface area contributed by atoms with Gasteiger partial charge in [0, 0.05) is 0 Å². The fraction of sp³-hybridized carbons (Fsp3) is 0.222. The van der Waals surface area contributed by atoms with Crippen LogP contribution >= 0.6 is 23.1 Å². The first kappa shape index (κ1) is 11.0. The monoisotopic (exact) mass is 249 g/mol. The van der Waals surface area contributed by atoms with Crippen molar-refractivity contribution in [3.63, 3.8) is 0 Å². The van der Waals surface area contributed by atoms with E-state index in [0.29, 0.717) is 10.6 Å². The highest BCUT2D eigenvalue weighted by molar-refractivity contribution is 8.01. The predicted molar refractivity (Wildman–Crippen MR) is 60.3 cm³/mol. The van der Waals surface area contributed by atoms with Gasteiger partial charge < -0.3 is 0 Å². The molecule has 0 saturated heterocycles. The molecule has 80 valence electrons.